The zero-order valence-corrected chi connectivity index (χ0v) is 12.0. The smallest absolute Gasteiger partial charge is 0.0468 e. The number of nitrogens with two attached hydrogens (primary N) is 1. The molecule has 1 heterocycles. The molecule has 1 aliphatic rings. The number of benzene rings is 1. The SMILES string of the molecule is NC(CC1CCOCC1)c1ccc(Cl)cc1Br. The van der Waals surface area contributed by atoms with E-state index in [1.807, 2.05) is 18.2 Å². The molecule has 1 aromatic carbocycles. The molecule has 0 amide bonds. The van der Waals surface area contributed by atoms with Gasteiger partial charge in [-0.25, -0.2) is 0 Å². The fraction of sp³-hybridized carbons (Fsp3) is 0.538. The van der Waals surface area contributed by atoms with Crippen molar-refractivity contribution in [3.8, 4) is 0 Å². The van der Waals surface area contributed by atoms with Crippen molar-refractivity contribution < 1.29 is 4.74 Å². The van der Waals surface area contributed by atoms with Gasteiger partial charge in [-0.2, -0.15) is 0 Å². The second kappa shape index (κ2) is 6.19. The zero-order valence-electron chi connectivity index (χ0n) is 9.66. The fourth-order valence-electron chi connectivity index (χ4n) is 2.27. The Morgan fingerprint density at radius 2 is 2.12 bits per heavy atom. The highest BCUT2D eigenvalue weighted by Crippen LogP contribution is 2.31. The normalized spacial score (nSPS) is 19.2. The molecule has 0 spiro atoms. The topological polar surface area (TPSA) is 35.2 Å². The Morgan fingerprint density at radius 1 is 1.41 bits per heavy atom. The third-order valence-electron chi connectivity index (χ3n) is 3.29. The Balaban J connectivity index is 2.00. The average Bonchev–Trinajstić information content (AvgIpc) is 2.30. The van der Waals surface area contributed by atoms with E-state index in [9.17, 15) is 0 Å². The lowest BCUT2D eigenvalue weighted by Crippen LogP contribution is -2.21. The summed E-state index contributed by atoms with van der Waals surface area (Å²) in [5.41, 5.74) is 7.40. The number of halogens is 2. The van der Waals surface area contributed by atoms with Crippen molar-refractivity contribution in [3.63, 3.8) is 0 Å². The minimum atomic E-state index is 0.0738. The second-order valence-corrected chi connectivity index (χ2v) is 5.85. The van der Waals surface area contributed by atoms with Gasteiger partial charge in [-0.1, -0.05) is 33.6 Å². The summed E-state index contributed by atoms with van der Waals surface area (Å²) in [7, 11) is 0. The van der Waals surface area contributed by atoms with Gasteiger partial charge in [0.15, 0.2) is 0 Å². The Hall–Kier alpha value is -0.0900. The first-order chi connectivity index (χ1) is 8.16. The molecular formula is C13H17BrClNO. The molecule has 1 atom stereocenters. The predicted molar refractivity (Wildman–Crippen MR) is 74.2 cm³/mol. The van der Waals surface area contributed by atoms with Gasteiger partial charge in [0.25, 0.3) is 0 Å². The lowest BCUT2D eigenvalue weighted by atomic mass is 9.90. The molecule has 2 nitrogen and oxygen atoms in total. The maximum absolute atomic E-state index is 6.26. The average molecular weight is 319 g/mol. The predicted octanol–water partition coefficient (Wildman–Crippen LogP) is 3.92. The first-order valence-electron chi connectivity index (χ1n) is 5.95. The molecule has 0 saturated carbocycles. The molecule has 0 aromatic heterocycles. The van der Waals surface area contributed by atoms with Gasteiger partial charge in [0.1, 0.15) is 0 Å². The van der Waals surface area contributed by atoms with Gasteiger partial charge < -0.3 is 10.5 Å². The monoisotopic (exact) mass is 317 g/mol. The van der Waals surface area contributed by atoms with Crippen LogP contribution in [0.25, 0.3) is 0 Å². The first-order valence-corrected chi connectivity index (χ1v) is 7.12. The van der Waals surface area contributed by atoms with Crippen LogP contribution in [0.4, 0.5) is 0 Å². The van der Waals surface area contributed by atoms with Crippen LogP contribution >= 0.6 is 27.5 Å². The van der Waals surface area contributed by atoms with Gasteiger partial charge in [0.2, 0.25) is 0 Å². The summed E-state index contributed by atoms with van der Waals surface area (Å²) >= 11 is 9.45. The molecule has 2 rings (SSSR count). The molecule has 1 aliphatic heterocycles. The molecule has 2 N–H and O–H groups in total. The van der Waals surface area contributed by atoms with E-state index in [-0.39, 0.29) is 6.04 Å². The Bertz CT molecular complexity index is 380. The quantitative estimate of drug-likeness (QED) is 0.917. The Morgan fingerprint density at radius 3 is 2.76 bits per heavy atom. The van der Waals surface area contributed by atoms with Crippen molar-refractivity contribution in [1.82, 2.24) is 0 Å². The summed E-state index contributed by atoms with van der Waals surface area (Å²) in [5.74, 6) is 0.682. The van der Waals surface area contributed by atoms with Gasteiger partial charge in [-0.3, -0.25) is 0 Å². The van der Waals surface area contributed by atoms with E-state index in [2.05, 4.69) is 15.9 Å². The van der Waals surface area contributed by atoms with E-state index in [0.717, 1.165) is 47.5 Å². The third kappa shape index (κ3) is 3.68. The molecule has 1 saturated heterocycles. The Kier molecular flexibility index (Phi) is 4.86. The number of hydrogen-bond acceptors (Lipinski definition) is 2. The number of ether oxygens (including phenoxy) is 1. The maximum atomic E-state index is 6.26. The number of hydrogen-bond donors (Lipinski definition) is 1. The van der Waals surface area contributed by atoms with E-state index in [0.29, 0.717) is 5.92 Å². The lowest BCUT2D eigenvalue weighted by Gasteiger charge is -2.25. The van der Waals surface area contributed by atoms with E-state index < -0.39 is 0 Å². The van der Waals surface area contributed by atoms with Crippen molar-refractivity contribution in [3.05, 3.63) is 33.3 Å². The van der Waals surface area contributed by atoms with Gasteiger partial charge in [0.05, 0.1) is 0 Å². The summed E-state index contributed by atoms with van der Waals surface area (Å²) < 4.78 is 6.36. The van der Waals surface area contributed by atoms with Crippen LogP contribution in [0.15, 0.2) is 22.7 Å². The largest absolute Gasteiger partial charge is 0.381 e. The van der Waals surface area contributed by atoms with Gasteiger partial charge in [-0.05, 0) is 42.9 Å². The van der Waals surface area contributed by atoms with Gasteiger partial charge >= 0.3 is 0 Å². The molecule has 1 unspecified atom stereocenters. The molecular weight excluding hydrogens is 302 g/mol. The molecule has 17 heavy (non-hydrogen) atoms. The van der Waals surface area contributed by atoms with Crippen molar-refractivity contribution in [2.24, 2.45) is 11.7 Å². The van der Waals surface area contributed by atoms with Crippen LogP contribution in [0.1, 0.15) is 30.9 Å². The van der Waals surface area contributed by atoms with Crippen LogP contribution in [-0.2, 0) is 4.74 Å². The summed E-state index contributed by atoms with van der Waals surface area (Å²) in [5, 5.41) is 0.735. The lowest BCUT2D eigenvalue weighted by molar-refractivity contribution is 0.0618. The fourth-order valence-corrected chi connectivity index (χ4v) is 3.25. The Labute approximate surface area is 116 Å². The van der Waals surface area contributed by atoms with Crippen LogP contribution in [-0.4, -0.2) is 13.2 Å². The molecule has 0 aliphatic carbocycles. The first kappa shape index (κ1) is 13.3. The number of rotatable bonds is 3. The summed E-state index contributed by atoms with van der Waals surface area (Å²) in [4.78, 5) is 0. The highest BCUT2D eigenvalue weighted by molar-refractivity contribution is 9.10. The molecule has 0 radical (unpaired) electrons. The van der Waals surface area contributed by atoms with E-state index in [1.54, 1.807) is 0 Å². The van der Waals surface area contributed by atoms with Crippen molar-refractivity contribution in [2.75, 3.05) is 13.2 Å². The van der Waals surface area contributed by atoms with Crippen LogP contribution in [0.5, 0.6) is 0 Å². The standard InChI is InChI=1S/C13H17BrClNO/c14-12-8-10(15)1-2-11(12)13(16)7-9-3-5-17-6-4-9/h1-2,8-9,13H,3-7,16H2. The highest BCUT2D eigenvalue weighted by Gasteiger charge is 2.19. The minimum Gasteiger partial charge on any atom is -0.381 e. The van der Waals surface area contributed by atoms with E-state index in [1.165, 1.54) is 0 Å². The van der Waals surface area contributed by atoms with Crippen molar-refractivity contribution in [2.45, 2.75) is 25.3 Å². The highest BCUT2D eigenvalue weighted by atomic mass is 79.9. The minimum absolute atomic E-state index is 0.0738. The van der Waals surface area contributed by atoms with Crippen molar-refractivity contribution >= 4 is 27.5 Å². The van der Waals surface area contributed by atoms with Crippen LogP contribution in [0.3, 0.4) is 0 Å². The van der Waals surface area contributed by atoms with E-state index in [4.69, 9.17) is 22.1 Å². The third-order valence-corrected chi connectivity index (χ3v) is 4.21. The van der Waals surface area contributed by atoms with Crippen molar-refractivity contribution in [1.29, 1.82) is 0 Å². The van der Waals surface area contributed by atoms with Crippen LogP contribution < -0.4 is 5.73 Å². The molecule has 1 aromatic rings. The van der Waals surface area contributed by atoms with Crippen LogP contribution in [0, 0.1) is 5.92 Å². The summed E-state index contributed by atoms with van der Waals surface area (Å²) in [6, 6.07) is 5.88. The summed E-state index contributed by atoms with van der Waals surface area (Å²) in [6.07, 6.45) is 3.27. The zero-order chi connectivity index (χ0) is 12.3. The van der Waals surface area contributed by atoms with Crippen LogP contribution in [0.2, 0.25) is 5.02 Å². The van der Waals surface area contributed by atoms with Gasteiger partial charge in [0, 0.05) is 28.8 Å². The molecule has 0 bridgehead atoms. The molecule has 1 fully saturated rings. The molecule has 4 heteroatoms. The maximum Gasteiger partial charge on any atom is 0.0468 e. The molecule has 94 valence electrons. The summed E-state index contributed by atoms with van der Waals surface area (Å²) in [6.45, 7) is 1.75. The van der Waals surface area contributed by atoms with Gasteiger partial charge in [-0.15, -0.1) is 0 Å². The second-order valence-electron chi connectivity index (χ2n) is 4.56. The van der Waals surface area contributed by atoms with E-state index >= 15 is 0 Å².